The van der Waals surface area contributed by atoms with Crippen molar-refractivity contribution in [3.63, 3.8) is 0 Å². The van der Waals surface area contributed by atoms with Gasteiger partial charge in [0.15, 0.2) is 11.5 Å². The van der Waals surface area contributed by atoms with Crippen LogP contribution in [0.2, 0.25) is 0 Å². The molecule has 0 atom stereocenters. The number of amides is 1. The number of rotatable bonds is 6. The number of carbonyl (C=O) groups is 1. The molecule has 0 radical (unpaired) electrons. The first kappa shape index (κ1) is 16.6. The molecule has 0 aliphatic carbocycles. The van der Waals surface area contributed by atoms with E-state index in [2.05, 4.69) is 15.5 Å². The molecule has 1 N–H and O–H groups in total. The van der Waals surface area contributed by atoms with E-state index >= 15 is 0 Å². The SMILES string of the molecule is O=C(CCc1ccc2c(c1)OCCO2)NCc1nc(-c2cccs2)no1. The molecule has 2 aromatic heterocycles. The van der Waals surface area contributed by atoms with Crippen LogP contribution >= 0.6 is 11.3 Å². The predicted octanol–water partition coefficient (Wildman–Crippen LogP) is 2.82. The number of aromatic nitrogens is 2. The third-order valence-corrected chi connectivity index (χ3v) is 4.76. The summed E-state index contributed by atoms with van der Waals surface area (Å²) in [6, 6.07) is 9.60. The lowest BCUT2D eigenvalue weighted by atomic mass is 10.1. The Morgan fingerprint density at radius 1 is 1.19 bits per heavy atom. The normalized spacial score (nSPS) is 12.8. The Bertz CT molecular complexity index is 892. The Morgan fingerprint density at radius 2 is 2.08 bits per heavy atom. The molecule has 0 spiro atoms. The van der Waals surface area contributed by atoms with Crippen LogP contribution in [-0.2, 0) is 17.8 Å². The zero-order valence-corrected chi connectivity index (χ0v) is 14.8. The maximum Gasteiger partial charge on any atom is 0.246 e. The smallest absolute Gasteiger partial charge is 0.246 e. The van der Waals surface area contributed by atoms with Crippen molar-refractivity contribution in [2.45, 2.75) is 19.4 Å². The lowest BCUT2D eigenvalue weighted by Gasteiger charge is -2.18. The van der Waals surface area contributed by atoms with E-state index in [1.54, 1.807) is 0 Å². The third-order valence-electron chi connectivity index (χ3n) is 3.89. The number of fused-ring (bicyclic) bond motifs is 1. The standard InChI is InChI=1S/C18H17N3O4S/c22-16(6-4-12-3-5-13-14(10-12)24-8-7-23-13)19-11-17-20-18(21-25-17)15-2-1-9-26-15/h1-3,5,9-10H,4,6-8,11H2,(H,19,22). The molecule has 134 valence electrons. The first-order valence-electron chi connectivity index (χ1n) is 8.29. The van der Waals surface area contributed by atoms with Crippen molar-refractivity contribution in [1.82, 2.24) is 15.5 Å². The minimum Gasteiger partial charge on any atom is -0.486 e. The maximum atomic E-state index is 12.1. The number of nitrogens with one attached hydrogen (secondary N) is 1. The Labute approximate surface area is 153 Å². The summed E-state index contributed by atoms with van der Waals surface area (Å²) in [5, 5.41) is 8.67. The molecule has 1 aliphatic rings. The minimum absolute atomic E-state index is 0.0734. The molecule has 0 bridgehead atoms. The van der Waals surface area contributed by atoms with Gasteiger partial charge in [0.25, 0.3) is 0 Å². The van der Waals surface area contributed by atoms with Crippen LogP contribution in [-0.4, -0.2) is 29.3 Å². The van der Waals surface area contributed by atoms with E-state index in [4.69, 9.17) is 14.0 Å². The summed E-state index contributed by atoms with van der Waals surface area (Å²) in [7, 11) is 0. The highest BCUT2D eigenvalue weighted by molar-refractivity contribution is 7.13. The van der Waals surface area contributed by atoms with Crippen molar-refractivity contribution in [3.8, 4) is 22.2 Å². The van der Waals surface area contributed by atoms with E-state index in [0.717, 1.165) is 21.9 Å². The van der Waals surface area contributed by atoms with Gasteiger partial charge < -0.3 is 19.3 Å². The number of aryl methyl sites for hydroxylation is 1. The van der Waals surface area contributed by atoms with Gasteiger partial charge in [0, 0.05) is 6.42 Å². The quantitative estimate of drug-likeness (QED) is 0.717. The van der Waals surface area contributed by atoms with Gasteiger partial charge in [0.2, 0.25) is 17.6 Å². The number of carbonyl (C=O) groups excluding carboxylic acids is 1. The van der Waals surface area contributed by atoms with Crippen LogP contribution in [0.25, 0.3) is 10.7 Å². The lowest BCUT2D eigenvalue weighted by Crippen LogP contribution is -2.23. The highest BCUT2D eigenvalue weighted by atomic mass is 32.1. The van der Waals surface area contributed by atoms with E-state index < -0.39 is 0 Å². The minimum atomic E-state index is -0.0734. The van der Waals surface area contributed by atoms with Gasteiger partial charge in [-0.2, -0.15) is 4.98 Å². The molecule has 26 heavy (non-hydrogen) atoms. The molecule has 1 amide bonds. The van der Waals surface area contributed by atoms with Gasteiger partial charge in [-0.25, -0.2) is 0 Å². The van der Waals surface area contributed by atoms with Gasteiger partial charge in [-0.1, -0.05) is 17.3 Å². The zero-order chi connectivity index (χ0) is 17.8. The monoisotopic (exact) mass is 371 g/mol. The van der Waals surface area contributed by atoms with Crippen LogP contribution < -0.4 is 14.8 Å². The second-order valence-corrected chi connectivity index (χ2v) is 6.69. The van der Waals surface area contributed by atoms with Crippen molar-refractivity contribution in [2.24, 2.45) is 0 Å². The summed E-state index contributed by atoms with van der Waals surface area (Å²) in [6.07, 6.45) is 0.984. The molecule has 8 heteroatoms. The maximum absolute atomic E-state index is 12.1. The molecular formula is C18H17N3O4S. The van der Waals surface area contributed by atoms with E-state index in [1.165, 1.54) is 11.3 Å². The van der Waals surface area contributed by atoms with Gasteiger partial charge >= 0.3 is 0 Å². The average molecular weight is 371 g/mol. The van der Waals surface area contributed by atoms with E-state index in [-0.39, 0.29) is 12.5 Å². The topological polar surface area (TPSA) is 86.5 Å². The predicted molar refractivity (Wildman–Crippen MR) is 95.2 cm³/mol. The Balaban J connectivity index is 1.27. The highest BCUT2D eigenvalue weighted by Crippen LogP contribution is 2.31. The summed E-state index contributed by atoms with van der Waals surface area (Å²) in [6.45, 7) is 1.34. The van der Waals surface area contributed by atoms with Crippen LogP contribution in [0.3, 0.4) is 0 Å². The first-order chi connectivity index (χ1) is 12.8. The van der Waals surface area contributed by atoms with Crippen LogP contribution in [0.15, 0.2) is 40.2 Å². The molecule has 4 rings (SSSR count). The fraction of sp³-hybridized carbons (Fsp3) is 0.278. The van der Waals surface area contributed by atoms with Gasteiger partial charge in [0.05, 0.1) is 11.4 Å². The van der Waals surface area contributed by atoms with Gasteiger partial charge in [0.1, 0.15) is 13.2 Å². The number of hydrogen-bond donors (Lipinski definition) is 1. The molecule has 1 aliphatic heterocycles. The van der Waals surface area contributed by atoms with Gasteiger partial charge in [-0.15, -0.1) is 11.3 Å². The fourth-order valence-electron chi connectivity index (χ4n) is 2.60. The molecule has 0 saturated carbocycles. The third kappa shape index (κ3) is 3.85. The second-order valence-electron chi connectivity index (χ2n) is 5.74. The molecular weight excluding hydrogens is 354 g/mol. The Morgan fingerprint density at radius 3 is 2.92 bits per heavy atom. The van der Waals surface area contributed by atoms with Crippen molar-refractivity contribution in [3.05, 3.63) is 47.2 Å². The fourth-order valence-corrected chi connectivity index (χ4v) is 3.25. The summed E-state index contributed by atoms with van der Waals surface area (Å²) in [5.41, 5.74) is 1.03. The van der Waals surface area contributed by atoms with E-state index in [1.807, 2.05) is 35.7 Å². The number of hydrogen-bond acceptors (Lipinski definition) is 7. The average Bonchev–Trinajstić information content (AvgIpc) is 3.36. The van der Waals surface area contributed by atoms with Crippen molar-refractivity contribution < 1.29 is 18.8 Å². The largest absolute Gasteiger partial charge is 0.486 e. The Kier molecular flexibility index (Phi) is 4.83. The first-order valence-corrected chi connectivity index (χ1v) is 9.17. The van der Waals surface area contributed by atoms with Gasteiger partial charge in [-0.05, 0) is 35.6 Å². The summed E-state index contributed by atoms with van der Waals surface area (Å²) >= 11 is 1.54. The van der Waals surface area contributed by atoms with Crippen molar-refractivity contribution in [1.29, 1.82) is 0 Å². The van der Waals surface area contributed by atoms with E-state index in [9.17, 15) is 4.79 Å². The summed E-state index contributed by atoms with van der Waals surface area (Å²) < 4.78 is 16.2. The van der Waals surface area contributed by atoms with Gasteiger partial charge in [-0.3, -0.25) is 4.79 Å². The van der Waals surface area contributed by atoms with Crippen LogP contribution in [0.5, 0.6) is 11.5 Å². The molecule has 3 aromatic rings. The van der Waals surface area contributed by atoms with Crippen molar-refractivity contribution >= 4 is 17.2 Å². The molecule has 0 fully saturated rings. The molecule has 7 nitrogen and oxygen atoms in total. The molecule has 3 heterocycles. The highest BCUT2D eigenvalue weighted by Gasteiger charge is 2.13. The molecule has 1 aromatic carbocycles. The number of benzene rings is 1. The molecule has 0 unspecified atom stereocenters. The summed E-state index contributed by atoms with van der Waals surface area (Å²) in [4.78, 5) is 17.3. The molecule has 0 saturated heterocycles. The van der Waals surface area contributed by atoms with Crippen LogP contribution in [0, 0.1) is 0 Å². The van der Waals surface area contributed by atoms with Crippen LogP contribution in [0.4, 0.5) is 0 Å². The van der Waals surface area contributed by atoms with Crippen molar-refractivity contribution in [2.75, 3.05) is 13.2 Å². The number of ether oxygens (including phenoxy) is 2. The van der Waals surface area contributed by atoms with E-state index in [0.29, 0.717) is 37.8 Å². The summed E-state index contributed by atoms with van der Waals surface area (Å²) in [5.74, 6) is 2.35. The van der Waals surface area contributed by atoms with Crippen LogP contribution in [0.1, 0.15) is 17.9 Å². The zero-order valence-electron chi connectivity index (χ0n) is 13.9. The Hall–Kier alpha value is -2.87. The number of thiophene rings is 1. The lowest BCUT2D eigenvalue weighted by molar-refractivity contribution is -0.121. The number of nitrogens with zero attached hydrogens (tertiary/aromatic N) is 2. The second kappa shape index (κ2) is 7.57.